The van der Waals surface area contributed by atoms with Crippen LogP contribution in [-0.4, -0.2) is 24.4 Å². The first-order chi connectivity index (χ1) is 11.0. The maximum absolute atomic E-state index is 12.5. The second kappa shape index (κ2) is 8.36. The van der Waals surface area contributed by atoms with Gasteiger partial charge in [-0.2, -0.15) is 17.6 Å². The van der Waals surface area contributed by atoms with E-state index in [0.717, 1.165) is 6.07 Å². The molecule has 0 aliphatic rings. The van der Waals surface area contributed by atoms with Crippen LogP contribution in [0.4, 0.5) is 23.2 Å². The van der Waals surface area contributed by atoms with Gasteiger partial charge in [0.1, 0.15) is 5.75 Å². The molecule has 2 N–H and O–H groups in total. The van der Waals surface area contributed by atoms with Crippen molar-refractivity contribution in [1.82, 2.24) is 5.32 Å². The third-order valence-corrected chi connectivity index (χ3v) is 3.51. The van der Waals surface area contributed by atoms with Crippen molar-refractivity contribution in [2.75, 3.05) is 5.32 Å². The smallest absolute Gasteiger partial charge is 0.387 e. The summed E-state index contributed by atoms with van der Waals surface area (Å²) >= 11 is 5.14. The molecule has 0 fully saturated rings. The fourth-order valence-electron chi connectivity index (χ4n) is 1.55. The van der Waals surface area contributed by atoms with E-state index in [0.29, 0.717) is 0 Å². The van der Waals surface area contributed by atoms with Gasteiger partial charge in [0.25, 0.3) is 0 Å². The Balaban J connectivity index is 2.90. The fraction of sp³-hybridized carbons (Fsp3) is 0.533. The Morgan fingerprint density at radius 1 is 1.08 bits per heavy atom. The average Bonchev–Trinajstić information content (AvgIpc) is 2.39. The van der Waals surface area contributed by atoms with Crippen LogP contribution in [-0.2, 0) is 0 Å². The van der Waals surface area contributed by atoms with Gasteiger partial charge in [0.2, 0.25) is 0 Å². The summed E-state index contributed by atoms with van der Waals surface area (Å²) in [4.78, 5) is 0. The summed E-state index contributed by atoms with van der Waals surface area (Å²) in [6.45, 7) is 1.75. The number of benzene rings is 1. The number of ether oxygens (including phenoxy) is 2. The Morgan fingerprint density at radius 3 is 2.17 bits per heavy atom. The normalized spacial score (nSPS) is 12.9. The Kier molecular flexibility index (Phi) is 7.07. The molecular formula is C15H20F4N2O2S. The second-order valence-corrected chi connectivity index (χ2v) is 6.51. The zero-order valence-corrected chi connectivity index (χ0v) is 14.5. The molecule has 9 heteroatoms. The van der Waals surface area contributed by atoms with Gasteiger partial charge in [-0.1, -0.05) is 20.8 Å². The Labute approximate surface area is 143 Å². The van der Waals surface area contributed by atoms with Crippen molar-refractivity contribution in [1.29, 1.82) is 0 Å². The van der Waals surface area contributed by atoms with Crippen LogP contribution in [0.15, 0.2) is 18.2 Å². The van der Waals surface area contributed by atoms with Gasteiger partial charge in [-0.05, 0) is 36.7 Å². The molecular weight excluding hydrogens is 348 g/mol. The second-order valence-electron chi connectivity index (χ2n) is 6.10. The van der Waals surface area contributed by atoms with E-state index in [1.54, 1.807) is 0 Å². The van der Waals surface area contributed by atoms with Crippen molar-refractivity contribution < 1.29 is 27.0 Å². The Bertz CT molecular complexity index is 565. The monoisotopic (exact) mass is 368 g/mol. The van der Waals surface area contributed by atoms with Gasteiger partial charge in [-0.15, -0.1) is 0 Å². The van der Waals surface area contributed by atoms with E-state index in [-0.39, 0.29) is 33.8 Å². The third-order valence-electron chi connectivity index (χ3n) is 3.29. The summed E-state index contributed by atoms with van der Waals surface area (Å²) in [5.41, 5.74) is 0.0266. The number of halogens is 4. The number of nitrogens with one attached hydrogen (secondary N) is 2. The molecule has 0 saturated heterocycles. The molecule has 0 aliphatic heterocycles. The lowest BCUT2D eigenvalue weighted by Crippen LogP contribution is -2.43. The molecule has 0 aromatic heterocycles. The highest BCUT2D eigenvalue weighted by Gasteiger charge is 2.21. The molecule has 24 heavy (non-hydrogen) atoms. The molecule has 0 aliphatic carbocycles. The van der Waals surface area contributed by atoms with Crippen LogP contribution >= 0.6 is 12.2 Å². The summed E-state index contributed by atoms with van der Waals surface area (Å²) in [6, 6.07) is 3.41. The standard InChI is InChI=1S/C15H20F4N2O2S/c1-8(15(2,3)4)20-14(24)21-10-6-5-9(22-12(16)17)7-11(10)23-13(18)19/h5-8,12-13H,1-4H3,(H2,20,21,24)/t8-/m1/s1. The molecule has 0 spiro atoms. The number of hydrogen-bond acceptors (Lipinski definition) is 3. The lowest BCUT2D eigenvalue weighted by Gasteiger charge is -2.29. The molecule has 136 valence electrons. The van der Waals surface area contributed by atoms with Gasteiger partial charge in [-0.3, -0.25) is 0 Å². The third kappa shape index (κ3) is 6.77. The molecule has 0 amide bonds. The first-order valence-electron chi connectivity index (χ1n) is 7.10. The first kappa shape index (κ1) is 20.3. The van der Waals surface area contributed by atoms with Crippen LogP contribution in [0.2, 0.25) is 0 Å². The van der Waals surface area contributed by atoms with E-state index in [4.69, 9.17) is 12.2 Å². The minimum absolute atomic E-state index is 0.00147. The largest absolute Gasteiger partial charge is 0.435 e. The van der Waals surface area contributed by atoms with Crippen molar-refractivity contribution in [3.63, 3.8) is 0 Å². The van der Waals surface area contributed by atoms with Crippen molar-refractivity contribution in [2.24, 2.45) is 5.41 Å². The van der Waals surface area contributed by atoms with Crippen molar-refractivity contribution >= 4 is 23.0 Å². The van der Waals surface area contributed by atoms with Gasteiger partial charge in [-0.25, -0.2) is 0 Å². The summed E-state index contributed by atoms with van der Waals surface area (Å²) in [7, 11) is 0. The number of hydrogen-bond donors (Lipinski definition) is 2. The molecule has 0 unspecified atom stereocenters. The molecule has 0 bridgehead atoms. The zero-order chi connectivity index (χ0) is 18.5. The van der Waals surface area contributed by atoms with Crippen LogP contribution < -0.4 is 20.1 Å². The highest BCUT2D eigenvalue weighted by molar-refractivity contribution is 7.80. The van der Waals surface area contributed by atoms with E-state index in [9.17, 15) is 17.6 Å². The van der Waals surface area contributed by atoms with Gasteiger partial charge in [0.05, 0.1) is 5.69 Å². The van der Waals surface area contributed by atoms with Crippen LogP contribution in [0.5, 0.6) is 11.5 Å². The van der Waals surface area contributed by atoms with Crippen LogP contribution in [0, 0.1) is 5.41 Å². The number of rotatable bonds is 6. The van der Waals surface area contributed by atoms with E-state index in [2.05, 4.69) is 20.1 Å². The predicted octanol–water partition coefficient (Wildman–Crippen LogP) is 4.61. The predicted molar refractivity (Wildman–Crippen MR) is 88.0 cm³/mol. The maximum atomic E-state index is 12.5. The molecule has 0 saturated carbocycles. The molecule has 1 rings (SSSR count). The Morgan fingerprint density at radius 2 is 1.67 bits per heavy atom. The quantitative estimate of drug-likeness (QED) is 0.567. The molecule has 0 heterocycles. The van der Waals surface area contributed by atoms with Gasteiger partial charge in [0, 0.05) is 12.1 Å². The SMILES string of the molecule is C[C@@H](NC(=S)Nc1ccc(OC(F)F)cc1OC(F)F)C(C)(C)C. The highest BCUT2D eigenvalue weighted by atomic mass is 32.1. The maximum Gasteiger partial charge on any atom is 0.387 e. The van der Waals surface area contributed by atoms with E-state index < -0.39 is 13.2 Å². The fourth-order valence-corrected chi connectivity index (χ4v) is 1.83. The number of anilines is 1. The number of thiocarbonyl (C=S) groups is 1. The van der Waals surface area contributed by atoms with Gasteiger partial charge in [0.15, 0.2) is 10.9 Å². The lowest BCUT2D eigenvalue weighted by atomic mass is 9.88. The summed E-state index contributed by atoms with van der Waals surface area (Å²) in [6.07, 6.45) is 0. The van der Waals surface area contributed by atoms with E-state index >= 15 is 0 Å². The zero-order valence-electron chi connectivity index (χ0n) is 13.7. The van der Waals surface area contributed by atoms with E-state index in [1.807, 2.05) is 27.7 Å². The Hall–Kier alpha value is -1.77. The van der Waals surface area contributed by atoms with Gasteiger partial charge >= 0.3 is 13.2 Å². The topological polar surface area (TPSA) is 42.5 Å². The van der Waals surface area contributed by atoms with Crippen molar-refractivity contribution in [2.45, 2.75) is 47.0 Å². The van der Waals surface area contributed by atoms with Crippen LogP contribution in [0.25, 0.3) is 0 Å². The van der Waals surface area contributed by atoms with E-state index in [1.165, 1.54) is 12.1 Å². The summed E-state index contributed by atoms with van der Waals surface area (Å²) in [5.74, 6) is -0.649. The minimum Gasteiger partial charge on any atom is -0.435 e. The molecule has 1 aromatic rings. The summed E-state index contributed by atoms with van der Waals surface area (Å²) in [5, 5.41) is 5.93. The average molecular weight is 368 g/mol. The number of alkyl halides is 4. The highest BCUT2D eigenvalue weighted by Crippen LogP contribution is 2.31. The summed E-state index contributed by atoms with van der Waals surface area (Å²) < 4.78 is 58.0. The van der Waals surface area contributed by atoms with Gasteiger partial charge < -0.3 is 20.1 Å². The van der Waals surface area contributed by atoms with Crippen molar-refractivity contribution in [3.05, 3.63) is 18.2 Å². The van der Waals surface area contributed by atoms with Crippen molar-refractivity contribution in [3.8, 4) is 11.5 Å². The molecule has 1 atom stereocenters. The first-order valence-corrected chi connectivity index (χ1v) is 7.51. The molecule has 0 radical (unpaired) electrons. The van der Waals surface area contributed by atoms with Crippen LogP contribution in [0.1, 0.15) is 27.7 Å². The molecule has 1 aromatic carbocycles. The van der Waals surface area contributed by atoms with Crippen LogP contribution in [0.3, 0.4) is 0 Å². The molecule has 4 nitrogen and oxygen atoms in total. The minimum atomic E-state index is -3.12. The lowest BCUT2D eigenvalue weighted by molar-refractivity contribution is -0.0539.